The molecule has 3 heteroatoms. The third-order valence-electron chi connectivity index (χ3n) is 2.82. The van der Waals surface area contributed by atoms with Crippen LogP contribution in [0.4, 0.5) is 8.78 Å². The SMILES string of the molecule is CC(O)(c1cc(F)cc(F)c1)C1CC1. The number of hydrogen-bond acceptors (Lipinski definition) is 1. The molecule has 14 heavy (non-hydrogen) atoms. The van der Waals surface area contributed by atoms with E-state index in [9.17, 15) is 13.9 Å². The average Bonchev–Trinajstić information content (AvgIpc) is 2.83. The fraction of sp³-hybridized carbons (Fsp3) is 0.455. The van der Waals surface area contributed by atoms with Gasteiger partial charge in [0.25, 0.3) is 0 Å². The van der Waals surface area contributed by atoms with Gasteiger partial charge in [-0.05, 0) is 43.4 Å². The Labute approximate surface area is 81.4 Å². The summed E-state index contributed by atoms with van der Waals surface area (Å²) in [7, 11) is 0. The zero-order valence-corrected chi connectivity index (χ0v) is 7.93. The second kappa shape index (κ2) is 3.02. The van der Waals surface area contributed by atoms with Crippen LogP contribution in [-0.4, -0.2) is 5.11 Å². The summed E-state index contributed by atoms with van der Waals surface area (Å²) in [5, 5.41) is 10.0. The van der Waals surface area contributed by atoms with Gasteiger partial charge in [0.05, 0.1) is 5.60 Å². The van der Waals surface area contributed by atoms with Crippen molar-refractivity contribution in [2.24, 2.45) is 5.92 Å². The zero-order chi connectivity index (χ0) is 10.3. The van der Waals surface area contributed by atoms with Crippen LogP contribution in [0.2, 0.25) is 0 Å². The summed E-state index contributed by atoms with van der Waals surface area (Å²) in [6.45, 7) is 1.61. The molecule has 0 aliphatic heterocycles. The summed E-state index contributed by atoms with van der Waals surface area (Å²) in [4.78, 5) is 0. The molecular formula is C11H12F2O. The Balaban J connectivity index is 2.39. The predicted molar refractivity (Wildman–Crippen MR) is 48.7 cm³/mol. The molecule has 1 nitrogen and oxygen atoms in total. The van der Waals surface area contributed by atoms with Crippen molar-refractivity contribution in [2.75, 3.05) is 0 Å². The van der Waals surface area contributed by atoms with Crippen LogP contribution >= 0.6 is 0 Å². The Kier molecular flexibility index (Phi) is 2.07. The van der Waals surface area contributed by atoms with Crippen LogP contribution in [0.1, 0.15) is 25.3 Å². The maximum Gasteiger partial charge on any atom is 0.126 e. The molecule has 1 unspecified atom stereocenters. The summed E-state index contributed by atoms with van der Waals surface area (Å²) in [5.41, 5.74) is -0.763. The van der Waals surface area contributed by atoms with E-state index in [1.165, 1.54) is 12.1 Å². The molecule has 1 fully saturated rings. The van der Waals surface area contributed by atoms with E-state index in [4.69, 9.17) is 0 Å². The van der Waals surface area contributed by atoms with E-state index >= 15 is 0 Å². The van der Waals surface area contributed by atoms with Gasteiger partial charge < -0.3 is 5.11 Å². The molecule has 0 heterocycles. The Bertz CT molecular complexity index is 336. The smallest absolute Gasteiger partial charge is 0.126 e. The third kappa shape index (κ3) is 1.64. The zero-order valence-electron chi connectivity index (χ0n) is 7.93. The van der Waals surface area contributed by atoms with E-state index in [0.717, 1.165) is 18.9 Å². The highest BCUT2D eigenvalue weighted by Crippen LogP contribution is 2.45. The van der Waals surface area contributed by atoms with E-state index in [1.54, 1.807) is 6.92 Å². The van der Waals surface area contributed by atoms with Gasteiger partial charge in [0.15, 0.2) is 0 Å². The highest BCUT2D eigenvalue weighted by Gasteiger charge is 2.41. The summed E-state index contributed by atoms with van der Waals surface area (Å²) in [5.74, 6) is -1.13. The highest BCUT2D eigenvalue weighted by atomic mass is 19.1. The lowest BCUT2D eigenvalue weighted by molar-refractivity contribution is 0.0324. The summed E-state index contributed by atoms with van der Waals surface area (Å²) >= 11 is 0. The lowest BCUT2D eigenvalue weighted by Gasteiger charge is -2.23. The summed E-state index contributed by atoms with van der Waals surface area (Å²) in [6, 6.07) is 3.20. The largest absolute Gasteiger partial charge is 0.385 e. The molecule has 1 aromatic rings. The Hall–Kier alpha value is -0.960. The first-order valence-corrected chi connectivity index (χ1v) is 4.69. The average molecular weight is 198 g/mol. The molecule has 0 spiro atoms. The maximum atomic E-state index is 12.9. The van der Waals surface area contributed by atoms with Crippen LogP contribution < -0.4 is 0 Å². The van der Waals surface area contributed by atoms with Gasteiger partial charge in [-0.15, -0.1) is 0 Å². The van der Waals surface area contributed by atoms with Crippen molar-refractivity contribution in [1.29, 1.82) is 0 Å². The van der Waals surface area contributed by atoms with Crippen molar-refractivity contribution in [1.82, 2.24) is 0 Å². The van der Waals surface area contributed by atoms with E-state index in [0.29, 0.717) is 5.56 Å². The lowest BCUT2D eigenvalue weighted by atomic mass is 9.91. The molecule has 0 bridgehead atoms. The molecule has 1 aliphatic carbocycles. The first kappa shape index (κ1) is 9.59. The minimum Gasteiger partial charge on any atom is -0.385 e. The Morgan fingerprint density at radius 3 is 2.14 bits per heavy atom. The molecular weight excluding hydrogens is 186 g/mol. The van der Waals surface area contributed by atoms with Gasteiger partial charge in [0.1, 0.15) is 11.6 Å². The maximum absolute atomic E-state index is 12.9. The number of aliphatic hydroxyl groups is 1. The van der Waals surface area contributed by atoms with E-state index in [1.807, 2.05) is 0 Å². The van der Waals surface area contributed by atoms with Crippen molar-refractivity contribution in [2.45, 2.75) is 25.4 Å². The minimum absolute atomic E-state index is 0.142. The molecule has 0 saturated heterocycles. The molecule has 1 aliphatic rings. The molecule has 1 atom stereocenters. The molecule has 0 aromatic heterocycles. The molecule has 1 aromatic carbocycles. The van der Waals surface area contributed by atoms with Gasteiger partial charge in [-0.2, -0.15) is 0 Å². The Morgan fingerprint density at radius 1 is 1.21 bits per heavy atom. The lowest BCUT2D eigenvalue weighted by Crippen LogP contribution is -2.24. The third-order valence-corrected chi connectivity index (χ3v) is 2.82. The van der Waals surface area contributed by atoms with Crippen LogP contribution in [0, 0.1) is 17.6 Å². The topological polar surface area (TPSA) is 20.2 Å². The second-order valence-electron chi connectivity index (χ2n) is 4.08. The van der Waals surface area contributed by atoms with Gasteiger partial charge in [-0.3, -0.25) is 0 Å². The van der Waals surface area contributed by atoms with Gasteiger partial charge in [-0.25, -0.2) is 8.78 Å². The summed E-state index contributed by atoms with van der Waals surface area (Å²) in [6.07, 6.45) is 1.84. The first-order valence-electron chi connectivity index (χ1n) is 4.69. The van der Waals surface area contributed by atoms with Crippen LogP contribution in [0.5, 0.6) is 0 Å². The molecule has 1 saturated carbocycles. The van der Waals surface area contributed by atoms with Crippen LogP contribution in [0.15, 0.2) is 18.2 Å². The quantitative estimate of drug-likeness (QED) is 0.774. The van der Waals surface area contributed by atoms with Gasteiger partial charge in [-0.1, -0.05) is 0 Å². The summed E-state index contributed by atoms with van der Waals surface area (Å²) < 4.78 is 25.8. The van der Waals surface area contributed by atoms with E-state index < -0.39 is 17.2 Å². The predicted octanol–water partition coefficient (Wildman–Crippen LogP) is 2.58. The molecule has 2 rings (SSSR count). The fourth-order valence-electron chi connectivity index (χ4n) is 1.73. The van der Waals surface area contributed by atoms with Crippen molar-refractivity contribution in [3.8, 4) is 0 Å². The van der Waals surface area contributed by atoms with Crippen molar-refractivity contribution in [3.05, 3.63) is 35.4 Å². The van der Waals surface area contributed by atoms with E-state index in [2.05, 4.69) is 0 Å². The molecule has 1 N–H and O–H groups in total. The van der Waals surface area contributed by atoms with Crippen molar-refractivity contribution < 1.29 is 13.9 Å². The fourth-order valence-corrected chi connectivity index (χ4v) is 1.73. The normalized spacial score (nSPS) is 20.6. The van der Waals surface area contributed by atoms with E-state index in [-0.39, 0.29) is 5.92 Å². The number of rotatable bonds is 2. The van der Waals surface area contributed by atoms with Gasteiger partial charge in [0.2, 0.25) is 0 Å². The highest BCUT2D eigenvalue weighted by molar-refractivity contribution is 5.25. The second-order valence-corrected chi connectivity index (χ2v) is 4.08. The monoisotopic (exact) mass is 198 g/mol. The van der Waals surface area contributed by atoms with Gasteiger partial charge in [0, 0.05) is 6.07 Å². The molecule has 76 valence electrons. The Morgan fingerprint density at radius 2 is 1.71 bits per heavy atom. The number of halogens is 2. The molecule has 0 radical (unpaired) electrons. The van der Waals surface area contributed by atoms with Crippen molar-refractivity contribution in [3.63, 3.8) is 0 Å². The molecule has 0 amide bonds. The standard InChI is InChI=1S/C11H12F2O/c1-11(14,7-2-3-7)8-4-9(12)6-10(13)5-8/h4-7,14H,2-3H2,1H3. The van der Waals surface area contributed by atoms with Crippen molar-refractivity contribution >= 4 is 0 Å². The minimum atomic E-state index is -1.09. The number of benzene rings is 1. The van der Waals surface area contributed by atoms with Crippen LogP contribution in [0.25, 0.3) is 0 Å². The number of hydrogen-bond donors (Lipinski definition) is 1. The van der Waals surface area contributed by atoms with Gasteiger partial charge >= 0.3 is 0 Å². The van der Waals surface area contributed by atoms with Crippen LogP contribution in [0.3, 0.4) is 0 Å². The first-order chi connectivity index (χ1) is 6.50. The van der Waals surface area contributed by atoms with Crippen LogP contribution in [-0.2, 0) is 5.60 Å².